The largest absolute Gasteiger partial charge is 0.508 e. The fraction of sp³-hybridized carbons (Fsp3) is 0.667. The molecule has 3 nitrogen and oxygen atoms in total. The van der Waals surface area contributed by atoms with Crippen molar-refractivity contribution in [1.82, 2.24) is 0 Å². The summed E-state index contributed by atoms with van der Waals surface area (Å²) >= 11 is 0. The van der Waals surface area contributed by atoms with Gasteiger partial charge in [-0.2, -0.15) is 13.2 Å². The topological polar surface area (TPSA) is 45.3 Å². The minimum absolute atomic E-state index is 0.801. The van der Waals surface area contributed by atoms with Crippen LogP contribution in [-0.2, 0) is 4.79 Å². The van der Waals surface area contributed by atoms with Gasteiger partial charge >= 0.3 is 12.1 Å². The van der Waals surface area contributed by atoms with E-state index < -0.39 is 17.1 Å². The molecule has 9 heavy (non-hydrogen) atoms. The van der Waals surface area contributed by atoms with Gasteiger partial charge in [0.15, 0.2) is 0 Å². The van der Waals surface area contributed by atoms with Crippen LogP contribution < -0.4 is 5.01 Å². The Morgan fingerprint density at radius 2 is 1.89 bits per heavy atom. The normalized spacial score (nSPS) is 15.2. The van der Waals surface area contributed by atoms with Gasteiger partial charge in [-0.1, -0.05) is 0 Å². The van der Waals surface area contributed by atoms with Crippen LogP contribution in [0.15, 0.2) is 0 Å². The summed E-state index contributed by atoms with van der Waals surface area (Å²) < 4.78 is 33.6. The number of hydrogen-bond acceptors (Lipinski definition) is 1. The lowest BCUT2D eigenvalue weighted by molar-refractivity contribution is -0.748. The predicted octanol–water partition coefficient (Wildman–Crippen LogP) is -0.443. The second-order valence-corrected chi connectivity index (χ2v) is 1.45. The van der Waals surface area contributed by atoms with Crippen molar-refractivity contribution in [2.24, 2.45) is 0 Å². The van der Waals surface area contributed by atoms with E-state index in [0.29, 0.717) is 0 Å². The highest BCUT2D eigenvalue weighted by molar-refractivity contribution is 5.72. The summed E-state index contributed by atoms with van der Waals surface area (Å²) in [6, 6.07) is 0. The van der Waals surface area contributed by atoms with Crippen molar-refractivity contribution in [3.05, 3.63) is 5.84 Å². The number of quaternary nitrogens is 1. The van der Waals surface area contributed by atoms with Crippen LogP contribution in [0.4, 0.5) is 13.2 Å². The van der Waals surface area contributed by atoms with Crippen LogP contribution >= 0.6 is 0 Å². The molecule has 0 saturated carbocycles. The van der Waals surface area contributed by atoms with Gasteiger partial charge in [-0.05, 0) is 0 Å². The Bertz CT molecular complexity index is 119. The van der Waals surface area contributed by atoms with Crippen LogP contribution in [0.5, 0.6) is 0 Å². The van der Waals surface area contributed by atoms with Crippen LogP contribution in [0, 0.1) is 0 Å². The lowest BCUT2D eigenvalue weighted by Crippen LogP contribution is -3.07. The number of hydrogen-bond donors (Lipinski definition) is 1. The standard InChI is InChI=1S/C3H5F3N2O/c1-8(7)2(9)3(4,5)6/h7-8H,1H3. The van der Waals surface area contributed by atoms with E-state index in [4.69, 9.17) is 5.84 Å². The average Bonchev–Trinajstić information content (AvgIpc) is 1.62. The van der Waals surface area contributed by atoms with Crippen LogP contribution in [0.3, 0.4) is 0 Å². The fourth-order valence-corrected chi connectivity index (χ4v) is 0.213. The van der Waals surface area contributed by atoms with Crippen molar-refractivity contribution >= 4 is 5.91 Å². The zero-order valence-electron chi connectivity index (χ0n) is 4.54. The fourth-order valence-electron chi connectivity index (χ4n) is 0.213. The first-order valence-electron chi connectivity index (χ1n) is 2.02. The first kappa shape index (κ1) is 8.38. The van der Waals surface area contributed by atoms with Crippen LogP contribution in [0.25, 0.3) is 5.84 Å². The van der Waals surface area contributed by atoms with Crippen LogP contribution in [0.1, 0.15) is 0 Å². The van der Waals surface area contributed by atoms with Gasteiger partial charge in [0.1, 0.15) is 0 Å². The molecule has 1 amide bonds. The number of rotatable bonds is 0. The Morgan fingerprint density at radius 1 is 1.56 bits per heavy atom. The van der Waals surface area contributed by atoms with Gasteiger partial charge in [-0.15, -0.1) is 0 Å². The number of carbonyl (C=O) groups excluding carboxylic acids is 1. The molecule has 1 atom stereocenters. The van der Waals surface area contributed by atoms with Gasteiger partial charge in [0.2, 0.25) is 0 Å². The molecular formula is C3H5F3N2O. The lowest BCUT2D eigenvalue weighted by Gasteiger charge is -2.12. The first-order valence-corrected chi connectivity index (χ1v) is 2.02. The van der Waals surface area contributed by atoms with E-state index >= 15 is 0 Å². The Balaban J connectivity index is 4.06. The quantitative estimate of drug-likeness (QED) is 0.458. The van der Waals surface area contributed by atoms with Gasteiger partial charge in [0.25, 0.3) is 0 Å². The molecule has 1 unspecified atom stereocenters. The molecule has 0 aromatic carbocycles. The highest BCUT2D eigenvalue weighted by Gasteiger charge is 2.43. The molecule has 0 bridgehead atoms. The Morgan fingerprint density at radius 3 is 1.89 bits per heavy atom. The zero-order chi connectivity index (χ0) is 7.65. The van der Waals surface area contributed by atoms with E-state index in [9.17, 15) is 18.0 Å². The maximum absolute atomic E-state index is 11.2. The summed E-state index contributed by atoms with van der Waals surface area (Å²) in [5.41, 5.74) is 0. The second kappa shape index (κ2) is 2.32. The highest BCUT2D eigenvalue weighted by Crippen LogP contribution is 2.11. The summed E-state index contributed by atoms with van der Waals surface area (Å²) in [4.78, 5) is 9.81. The average molecular weight is 142 g/mol. The molecule has 0 rings (SSSR count). The van der Waals surface area contributed by atoms with E-state index in [1.165, 1.54) is 0 Å². The number of carbonyl (C=O) groups is 1. The van der Waals surface area contributed by atoms with Crippen LogP contribution in [0.2, 0.25) is 0 Å². The van der Waals surface area contributed by atoms with Crippen molar-refractivity contribution in [3.63, 3.8) is 0 Å². The third kappa shape index (κ3) is 2.43. The Labute approximate surface area is 49.2 Å². The molecule has 0 radical (unpaired) electrons. The third-order valence-electron chi connectivity index (χ3n) is 0.598. The number of halogens is 3. The molecule has 0 fully saturated rings. The molecule has 0 heterocycles. The Hall–Kier alpha value is -0.620. The van der Waals surface area contributed by atoms with Crippen molar-refractivity contribution in [1.29, 1.82) is 0 Å². The van der Waals surface area contributed by atoms with Gasteiger partial charge in [-0.3, -0.25) is 0 Å². The smallest absolute Gasteiger partial charge is 0.462 e. The van der Waals surface area contributed by atoms with Gasteiger partial charge in [0, 0.05) is 0 Å². The third-order valence-corrected chi connectivity index (χ3v) is 0.598. The van der Waals surface area contributed by atoms with Gasteiger partial charge < -0.3 is 10.9 Å². The molecule has 0 spiro atoms. The molecule has 6 heteroatoms. The molecule has 0 aromatic heterocycles. The lowest BCUT2D eigenvalue weighted by atomic mass is 10.6. The van der Waals surface area contributed by atoms with E-state index in [1.807, 2.05) is 0 Å². The van der Waals surface area contributed by atoms with E-state index in [1.54, 1.807) is 0 Å². The maximum Gasteiger partial charge on any atom is 0.508 e. The predicted molar refractivity (Wildman–Crippen MR) is 22.3 cm³/mol. The summed E-state index contributed by atoms with van der Waals surface area (Å²) in [5, 5.41) is -0.984. The summed E-state index contributed by atoms with van der Waals surface area (Å²) in [5.74, 6) is 4.21. The molecule has 2 N–H and O–H groups in total. The minimum Gasteiger partial charge on any atom is -0.462 e. The summed E-state index contributed by atoms with van der Waals surface area (Å²) in [7, 11) is 0.801. The first-order chi connectivity index (χ1) is 3.85. The van der Waals surface area contributed by atoms with Gasteiger partial charge in [-0.25, -0.2) is 4.79 Å². The molecule has 0 aliphatic rings. The van der Waals surface area contributed by atoms with Crippen molar-refractivity contribution in [2.45, 2.75) is 6.18 Å². The number of alkyl halides is 3. The van der Waals surface area contributed by atoms with Gasteiger partial charge in [0.05, 0.1) is 7.05 Å². The molecular weight excluding hydrogens is 137 g/mol. The maximum atomic E-state index is 11.2. The van der Waals surface area contributed by atoms with E-state index in [2.05, 4.69) is 0 Å². The molecule has 0 aromatic rings. The van der Waals surface area contributed by atoms with E-state index in [0.717, 1.165) is 7.05 Å². The zero-order valence-corrected chi connectivity index (χ0v) is 4.54. The molecule has 0 saturated heterocycles. The van der Waals surface area contributed by atoms with Crippen LogP contribution in [-0.4, -0.2) is 19.1 Å². The van der Waals surface area contributed by atoms with Crippen molar-refractivity contribution in [2.75, 3.05) is 7.05 Å². The van der Waals surface area contributed by atoms with E-state index in [-0.39, 0.29) is 0 Å². The summed E-state index contributed by atoms with van der Waals surface area (Å²) in [6.45, 7) is 0. The molecule has 0 aliphatic heterocycles. The second-order valence-electron chi connectivity index (χ2n) is 1.45. The highest BCUT2D eigenvalue weighted by atomic mass is 19.4. The monoisotopic (exact) mass is 142 g/mol. The van der Waals surface area contributed by atoms with Crippen molar-refractivity contribution < 1.29 is 23.0 Å². The van der Waals surface area contributed by atoms with Crippen molar-refractivity contribution in [3.8, 4) is 0 Å². The molecule has 54 valence electrons. The molecule has 0 aliphatic carbocycles. The number of nitrogens with one attached hydrogen (secondary N) is 2. The number of amides is 1. The Kier molecular flexibility index (Phi) is 2.16. The summed E-state index contributed by atoms with van der Waals surface area (Å²) in [6.07, 6.45) is -4.88. The SMILES string of the molecule is C[NH+]([NH-])C(=O)C(F)(F)F. The minimum atomic E-state index is -4.88.